The fourth-order valence-corrected chi connectivity index (χ4v) is 3.83. The number of benzene rings is 1. The van der Waals surface area contributed by atoms with Crippen molar-refractivity contribution in [3.8, 4) is 0 Å². The second-order valence-electron chi connectivity index (χ2n) is 6.00. The van der Waals surface area contributed by atoms with E-state index in [1.165, 1.54) is 16.8 Å². The third kappa shape index (κ3) is 1.65. The van der Waals surface area contributed by atoms with Crippen LogP contribution in [0.25, 0.3) is 5.57 Å². The highest BCUT2D eigenvalue weighted by atomic mass is 16.5. The van der Waals surface area contributed by atoms with Gasteiger partial charge < -0.3 is 15.8 Å². The van der Waals surface area contributed by atoms with Crippen LogP contribution >= 0.6 is 0 Å². The maximum atomic E-state index is 6.21. The van der Waals surface area contributed by atoms with Crippen molar-refractivity contribution in [2.45, 2.75) is 43.4 Å². The number of fused-ring (bicyclic) bond motifs is 4. The van der Waals surface area contributed by atoms with Gasteiger partial charge in [0.2, 0.25) is 0 Å². The first-order valence-corrected chi connectivity index (χ1v) is 7.24. The third-order valence-electron chi connectivity index (χ3n) is 4.93. The van der Waals surface area contributed by atoms with E-state index in [0.29, 0.717) is 12.1 Å². The van der Waals surface area contributed by atoms with Crippen molar-refractivity contribution >= 4 is 11.3 Å². The van der Waals surface area contributed by atoms with Crippen molar-refractivity contribution in [3.05, 3.63) is 35.9 Å². The molecule has 1 aromatic rings. The zero-order valence-electron chi connectivity index (χ0n) is 11.1. The minimum absolute atomic E-state index is 0.0427. The summed E-state index contributed by atoms with van der Waals surface area (Å²) in [4.78, 5) is 0. The average Bonchev–Trinajstić information content (AvgIpc) is 2.83. The second-order valence-corrected chi connectivity index (χ2v) is 6.00. The molecule has 100 valence electrons. The van der Waals surface area contributed by atoms with Crippen molar-refractivity contribution in [1.29, 1.82) is 0 Å². The number of para-hydroxylation sites is 1. The molecule has 1 saturated carbocycles. The van der Waals surface area contributed by atoms with E-state index < -0.39 is 0 Å². The predicted molar refractivity (Wildman–Crippen MR) is 77.0 cm³/mol. The molecule has 2 aliphatic heterocycles. The summed E-state index contributed by atoms with van der Waals surface area (Å²) in [6.45, 7) is 0.733. The van der Waals surface area contributed by atoms with E-state index in [1.807, 2.05) is 0 Å². The smallest absolute Gasteiger partial charge is 0.0929 e. The molecule has 3 aliphatic rings. The first-order valence-electron chi connectivity index (χ1n) is 7.24. The molecule has 0 saturated heterocycles. The molecule has 1 spiro atoms. The van der Waals surface area contributed by atoms with Gasteiger partial charge in [0.05, 0.1) is 18.2 Å². The fraction of sp³-hybridized carbons (Fsp3) is 0.500. The monoisotopic (exact) mass is 256 g/mol. The van der Waals surface area contributed by atoms with Crippen LogP contribution in [0.1, 0.15) is 31.2 Å². The fourth-order valence-electron chi connectivity index (χ4n) is 3.83. The van der Waals surface area contributed by atoms with Crippen LogP contribution in [0.3, 0.4) is 0 Å². The molecule has 4 rings (SSSR count). The molecule has 2 heterocycles. The summed E-state index contributed by atoms with van der Waals surface area (Å²) in [6.07, 6.45) is 6.52. The van der Waals surface area contributed by atoms with Gasteiger partial charge in [0.1, 0.15) is 0 Å². The summed E-state index contributed by atoms with van der Waals surface area (Å²) < 4.78 is 6.21. The Morgan fingerprint density at radius 2 is 2.00 bits per heavy atom. The lowest BCUT2D eigenvalue weighted by Gasteiger charge is -2.46. The van der Waals surface area contributed by atoms with Crippen molar-refractivity contribution in [1.82, 2.24) is 0 Å². The number of rotatable bonds is 0. The van der Waals surface area contributed by atoms with E-state index in [0.717, 1.165) is 32.3 Å². The van der Waals surface area contributed by atoms with Crippen LogP contribution in [0.2, 0.25) is 0 Å². The maximum Gasteiger partial charge on any atom is 0.0929 e. The predicted octanol–water partition coefficient (Wildman–Crippen LogP) is 2.53. The molecular weight excluding hydrogens is 236 g/mol. The number of hydrogen-bond acceptors (Lipinski definition) is 3. The van der Waals surface area contributed by atoms with Crippen LogP contribution in [-0.4, -0.2) is 24.3 Å². The number of nitrogens with one attached hydrogen (secondary N) is 1. The first kappa shape index (κ1) is 11.5. The minimum Gasteiger partial charge on any atom is -0.375 e. The Bertz CT molecular complexity index is 529. The molecule has 1 aromatic carbocycles. The Morgan fingerprint density at radius 1 is 1.21 bits per heavy atom. The van der Waals surface area contributed by atoms with Crippen molar-refractivity contribution < 1.29 is 4.74 Å². The standard InChI is InChI=1S/C16H20N2O/c17-11-5-8-16(9-6-11)15-13(7-10-19-16)12-3-1-2-4-14(12)18-15/h1-4,7,11,15,18H,5-6,8-10,17H2. The van der Waals surface area contributed by atoms with Gasteiger partial charge in [-0.15, -0.1) is 0 Å². The molecule has 1 aliphatic carbocycles. The molecule has 0 bridgehead atoms. The second kappa shape index (κ2) is 4.09. The Kier molecular flexibility index (Phi) is 2.47. The van der Waals surface area contributed by atoms with E-state index in [4.69, 9.17) is 10.5 Å². The van der Waals surface area contributed by atoms with Crippen molar-refractivity contribution in [3.63, 3.8) is 0 Å². The summed E-state index contributed by atoms with van der Waals surface area (Å²) in [5.41, 5.74) is 10.0. The topological polar surface area (TPSA) is 47.3 Å². The summed E-state index contributed by atoms with van der Waals surface area (Å²) in [5, 5.41) is 3.68. The third-order valence-corrected chi connectivity index (χ3v) is 4.93. The van der Waals surface area contributed by atoms with Crippen LogP contribution in [-0.2, 0) is 4.74 Å². The van der Waals surface area contributed by atoms with E-state index in [1.54, 1.807) is 0 Å². The summed E-state index contributed by atoms with van der Waals surface area (Å²) in [5.74, 6) is 0. The van der Waals surface area contributed by atoms with Gasteiger partial charge in [-0.3, -0.25) is 0 Å². The molecule has 1 unspecified atom stereocenters. The molecule has 19 heavy (non-hydrogen) atoms. The van der Waals surface area contributed by atoms with E-state index >= 15 is 0 Å². The van der Waals surface area contributed by atoms with Gasteiger partial charge in [-0.05, 0) is 37.3 Å². The molecule has 3 heteroatoms. The lowest BCUT2D eigenvalue weighted by molar-refractivity contribution is -0.0675. The lowest BCUT2D eigenvalue weighted by Crippen LogP contribution is -2.53. The van der Waals surface area contributed by atoms with Crippen LogP contribution in [0, 0.1) is 0 Å². The lowest BCUT2D eigenvalue weighted by atomic mass is 9.74. The van der Waals surface area contributed by atoms with Gasteiger partial charge >= 0.3 is 0 Å². The number of hydrogen-bond donors (Lipinski definition) is 2. The van der Waals surface area contributed by atoms with E-state index in [-0.39, 0.29) is 5.60 Å². The van der Waals surface area contributed by atoms with Crippen LogP contribution < -0.4 is 11.1 Å². The molecule has 0 aromatic heterocycles. The first-order chi connectivity index (χ1) is 9.28. The molecule has 0 radical (unpaired) electrons. The highest BCUT2D eigenvalue weighted by Gasteiger charge is 2.48. The Balaban J connectivity index is 1.71. The molecule has 3 N–H and O–H groups in total. The summed E-state index contributed by atoms with van der Waals surface area (Å²) in [7, 11) is 0. The van der Waals surface area contributed by atoms with Gasteiger partial charge in [-0.25, -0.2) is 0 Å². The molecule has 1 fully saturated rings. The molecule has 1 atom stereocenters. The summed E-state index contributed by atoms with van der Waals surface area (Å²) >= 11 is 0. The van der Waals surface area contributed by atoms with Gasteiger partial charge in [0, 0.05) is 17.3 Å². The molecule has 3 nitrogen and oxygen atoms in total. The largest absolute Gasteiger partial charge is 0.375 e. The number of ether oxygens (including phenoxy) is 1. The maximum absolute atomic E-state index is 6.21. The summed E-state index contributed by atoms with van der Waals surface area (Å²) in [6, 6.07) is 9.24. The van der Waals surface area contributed by atoms with E-state index in [9.17, 15) is 0 Å². The SMILES string of the molecule is NC1CCC2(CC1)OCC=C1c3ccccc3NC12. The van der Waals surface area contributed by atoms with Gasteiger partial charge in [-0.1, -0.05) is 24.3 Å². The van der Waals surface area contributed by atoms with Crippen LogP contribution in [0.4, 0.5) is 5.69 Å². The van der Waals surface area contributed by atoms with Crippen LogP contribution in [0.15, 0.2) is 30.3 Å². The number of nitrogens with two attached hydrogens (primary N) is 1. The zero-order chi connectivity index (χ0) is 12.9. The van der Waals surface area contributed by atoms with E-state index in [2.05, 4.69) is 35.7 Å². The Morgan fingerprint density at radius 3 is 2.84 bits per heavy atom. The van der Waals surface area contributed by atoms with Gasteiger partial charge in [0.15, 0.2) is 0 Å². The molecule has 0 amide bonds. The Hall–Kier alpha value is -1.32. The average molecular weight is 256 g/mol. The van der Waals surface area contributed by atoms with Crippen molar-refractivity contribution in [2.75, 3.05) is 11.9 Å². The zero-order valence-corrected chi connectivity index (χ0v) is 11.1. The number of anilines is 1. The Labute approximate surface area is 113 Å². The highest BCUT2D eigenvalue weighted by molar-refractivity contribution is 5.88. The van der Waals surface area contributed by atoms with Crippen LogP contribution in [0.5, 0.6) is 0 Å². The van der Waals surface area contributed by atoms with Gasteiger partial charge in [0.25, 0.3) is 0 Å². The van der Waals surface area contributed by atoms with Crippen molar-refractivity contribution in [2.24, 2.45) is 5.73 Å². The highest BCUT2D eigenvalue weighted by Crippen LogP contribution is 2.47. The van der Waals surface area contributed by atoms with Gasteiger partial charge in [-0.2, -0.15) is 0 Å². The minimum atomic E-state index is -0.0427. The quantitative estimate of drug-likeness (QED) is 0.750. The normalized spacial score (nSPS) is 36.4. The molecular formula is C16H20N2O.